The quantitative estimate of drug-likeness (QED) is 0.872. The maximum absolute atomic E-state index is 11.6. The SMILES string of the molecule is O=S1(=O)CCC(n2cncc2C2CCCCN2)C1. The van der Waals surface area contributed by atoms with E-state index < -0.39 is 9.84 Å². The molecule has 1 aromatic rings. The molecule has 2 atom stereocenters. The van der Waals surface area contributed by atoms with E-state index in [2.05, 4.69) is 14.9 Å². The lowest BCUT2D eigenvalue weighted by atomic mass is 10.0. The Labute approximate surface area is 108 Å². The van der Waals surface area contributed by atoms with Crippen LogP contribution in [0, 0.1) is 0 Å². The standard InChI is InChI=1S/C12H19N3O2S/c16-18(17)6-4-10(8-18)15-9-13-7-12(15)11-3-1-2-5-14-11/h7,9-11,14H,1-6,8H2. The summed E-state index contributed by atoms with van der Waals surface area (Å²) in [6.07, 6.45) is 7.96. The first-order valence-electron chi connectivity index (χ1n) is 6.61. The molecule has 6 heteroatoms. The highest BCUT2D eigenvalue weighted by molar-refractivity contribution is 7.91. The molecular weight excluding hydrogens is 250 g/mol. The van der Waals surface area contributed by atoms with Crippen LogP contribution in [0.1, 0.15) is 43.5 Å². The Morgan fingerprint density at radius 3 is 2.89 bits per heavy atom. The second-order valence-corrected chi connectivity index (χ2v) is 7.51. The van der Waals surface area contributed by atoms with E-state index in [1.165, 1.54) is 12.8 Å². The van der Waals surface area contributed by atoms with Gasteiger partial charge in [-0.2, -0.15) is 0 Å². The molecule has 100 valence electrons. The Bertz CT molecular complexity index is 517. The highest BCUT2D eigenvalue weighted by Crippen LogP contribution is 2.29. The summed E-state index contributed by atoms with van der Waals surface area (Å²) in [5.41, 5.74) is 1.15. The lowest BCUT2D eigenvalue weighted by molar-refractivity contribution is 0.383. The lowest BCUT2D eigenvalue weighted by Gasteiger charge is -2.26. The molecule has 2 fully saturated rings. The topological polar surface area (TPSA) is 64.0 Å². The Hall–Kier alpha value is -0.880. The first kappa shape index (κ1) is 12.2. The van der Waals surface area contributed by atoms with Gasteiger partial charge in [0.25, 0.3) is 0 Å². The van der Waals surface area contributed by atoms with Gasteiger partial charge in [-0.3, -0.25) is 0 Å². The maximum Gasteiger partial charge on any atom is 0.152 e. The molecule has 0 saturated carbocycles. The predicted octanol–water partition coefficient (Wildman–Crippen LogP) is 1.06. The second-order valence-electron chi connectivity index (χ2n) is 5.29. The number of imidazole rings is 1. The van der Waals surface area contributed by atoms with Gasteiger partial charge in [0.15, 0.2) is 9.84 Å². The lowest BCUT2D eigenvalue weighted by Crippen LogP contribution is -2.29. The summed E-state index contributed by atoms with van der Waals surface area (Å²) in [5.74, 6) is 0.580. The molecule has 3 heterocycles. The molecule has 2 unspecified atom stereocenters. The molecule has 0 radical (unpaired) electrons. The van der Waals surface area contributed by atoms with Crippen LogP contribution in [0.25, 0.3) is 0 Å². The van der Waals surface area contributed by atoms with Crippen molar-refractivity contribution in [3.05, 3.63) is 18.2 Å². The summed E-state index contributed by atoms with van der Waals surface area (Å²) in [7, 11) is -2.84. The minimum Gasteiger partial charge on any atom is -0.329 e. The van der Waals surface area contributed by atoms with Crippen LogP contribution in [-0.4, -0.2) is 36.0 Å². The number of aromatic nitrogens is 2. The van der Waals surface area contributed by atoms with Crippen LogP contribution in [0.3, 0.4) is 0 Å². The molecule has 0 spiro atoms. The average molecular weight is 269 g/mol. The van der Waals surface area contributed by atoms with E-state index in [-0.39, 0.29) is 11.8 Å². The summed E-state index contributed by atoms with van der Waals surface area (Å²) >= 11 is 0. The van der Waals surface area contributed by atoms with Crippen LogP contribution < -0.4 is 5.32 Å². The monoisotopic (exact) mass is 269 g/mol. The molecule has 0 bridgehead atoms. The summed E-state index contributed by atoms with van der Waals surface area (Å²) in [5, 5.41) is 3.50. The fourth-order valence-electron chi connectivity index (χ4n) is 2.99. The fourth-order valence-corrected chi connectivity index (χ4v) is 4.70. The normalized spacial score (nSPS) is 31.6. The van der Waals surface area contributed by atoms with Crippen molar-refractivity contribution in [3.8, 4) is 0 Å². The molecular formula is C12H19N3O2S. The fraction of sp³-hybridized carbons (Fsp3) is 0.750. The van der Waals surface area contributed by atoms with Crippen LogP contribution in [0.4, 0.5) is 0 Å². The first-order valence-corrected chi connectivity index (χ1v) is 8.43. The van der Waals surface area contributed by atoms with Crippen molar-refractivity contribution in [2.45, 2.75) is 37.8 Å². The van der Waals surface area contributed by atoms with Gasteiger partial charge in [0.05, 0.1) is 23.5 Å². The van der Waals surface area contributed by atoms with Gasteiger partial charge in [0.1, 0.15) is 0 Å². The van der Waals surface area contributed by atoms with Crippen LogP contribution in [0.2, 0.25) is 0 Å². The van der Waals surface area contributed by atoms with E-state index in [1.54, 1.807) is 6.33 Å². The molecule has 5 nitrogen and oxygen atoms in total. The minimum absolute atomic E-state index is 0.0798. The summed E-state index contributed by atoms with van der Waals surface area (Å²) in [6.45, 7) is 1.04. The van der Waals surface area contributed by atoms with Gasteiger partial charge in [0.2, 0.25) is 0 Å². The van der Waals surface area contributed by atoms with Crippen molar-refractivity contribution in [1.29, 1.82) is 0 Å². The van der Waals surface area contributed by atoms with Crippen molar-refractivity contribution in [1.82, 2.24) is 14.9 Å². The number of hydrogen-bond donors (Lipinski definition) is 1. The minimum atomic E-state index is -2.84. The molecule has 1 N–H and O–H groups in total. The third-order valence-corrected chi connectivity index (χ3v) is 5.72. The van der Waals surface area contributed by atoms with Crippen LogP contribution in [-0.2, 0) is 9.84 Å². The van der Waals surface area contributed by atoms with Gasteiger partial charge >= 0.3 is 0 Å². The van der Waals surface area contributed by atoms with Crippen LogP contribution >= 0.6 is 0 Å². The molecule has 0 aromatic carbocycles. The maximum atomic E-state index is 11.6. The van der Waals surface area contributed by atoms with E-state index in [9.17, 15) is 8.42 Å². The van der Waals surface area contributed by atoms with E-state index >= 15 is 0 Å². The van der Waals surface area contributed by atoms with E-state index in [1.807, 2.05) is 6.20 Å². The molecule has 2 aliphatic heterocycles. The smallest absolute Gasteiger partial charge is 0.152 e. The molecule has 2 aliphatic rings. The number of hydrogen-bond acceptors (Lipinski definition) is 4. The Morgan fingerprint density at radius 1 is 1.33 bits per heavy atom. The number of nitrogens with one attached hydrogen (secondary N) is 1. The zero-order chi connectivity index (χ0) is 12.6. The molecule has 18 heavy (non-hydrogen) atoms. The zero-order valence-corrected chi connectivity index (χ0v) is 11.2. The molecule has 2 saturated heterocycles. The highest BCUT2D eigenvalue weighted by Gasteiger charge is 2.31. The first-order chi connectivity index (χ1) is 8.66. The van der Waals surface area contributed by atoms with Gasteiger partial charge in [-0.25, -0.2) is 13.4 Å². The van der Waals surface area contributed by atoms with Gasteiger partial charge in [0, 0.05) is 18.3 Å². The Balaban J connectivity index is 1.83. The zero-order valence-electron chi connectivity index (χ0n) is 10.4. The van der Waals surface area contributed by atoms with Crippen molar-refractivity contribution >= 4 is 9.84 Å². The highest BCUT2D eigenvalue weighted by atomic mass is 32.2. The van der Waals surface area contributed by atoms with Crippen molar-refractivity contribution in [2.24, 2.45) is 0 Å². The van der Waals surface area contributed by atoms with Crippen molar-refractivity contribution < 1.29 is 8.42 Å². The van der Waals surface area contributed by atoms with Gasteiger partial charge in [-0.1, -0.05) is 6.42 Å². The van der Waals surface area contributed by atoms with E-state index in [4.69, 9.17) is 0 Å². The average Bonchev–Trinajstić information content (AvgIpc) is 2.96. The van der Waals surface area contributed by atoms with Crippen LogP contribution in [0.15, 0.2) is 12.5 Å². The molecule has 3 rings (SSSR count). The largest absolute Gasteiger partial charge is 0.329 e. The molecule has 0 aliphatic carbocycles. The summed E-state index contributed by atoms with van der Waals surface area (Å²) < 4.78 is 25.2. The number of rotatable bonds is 2. The predicted molar refractivity (Wildman–Crippen MR) is 69.1 cm³/mol. The number of nitrogens with zero attached hydrogens (tertiary/aromatic N) is 2. The number of piperidine rings is 1. The van der Waals surface area contributed by atoms with Gasteiger partial charge in [-0.05, 0) is 25.8 Å². The third-order valence-electron chi connectivity index (χ3n) is 3.97. The van der Waals surface area contributed by atoms with Crippen LogP contribution in [0.5, 0.6) is 0 Å². The second kappa shape index (κ2) is 4.66. The molecule has 0 amide bonds. The summed E-state index contributed by atoms with van der Waals surface area (Å²) in [6, 6.07) is 0.417. The Kier molecular flexibility index (Phi) is 3.15. The van der Waals surface area contributed by atoms with Gasteiger partial charge in [-0.15, -0.1) is 0 Å². The molecule has 1 aromatic heterocycles. The Morgan fingerprint density at radius 2 is 2.22 bits per heavy atom. The van der Waals surface area contributed by atoms with E-state index in [0.29, 0.717) is 11.8 Å². The third kappa shape index (κ3) is 2.31. The summed E-state index contributed by atoms with van der Waals surface area (Å²) in [4.78, 5) is 4.22. The van der Waals surface area contributed by atoms with Gasteiger partial charge < -0.3 is 9.88 Å². The van der Waals surface area contributed by atoms with Crippen molar-refractivity contribution in [2.75, 3.05) is 18.1 Å². The number of sulfone groups is 1. The van der Waals surface area contributed by atoms with Crippen molar-refractivity contribution in [3.63, 3.8) is 0 Å². The van der Waals surface area contributed by atoms with E-state index in [0.717, 1.165) is 25.1 Å².